The molecule has 1 rings (SSSR count). The van der Waals surface area contributed by atoms with E-state index in [2.05, 4.69) is 26.0 Å². The third kappa shape index (κ3) is 3.63. The minimum Gasteiger partial charge on any atom is -0.467 e. The molecule has 0 saturated carbocycles. The Morgan fingerprint density at radius 1 is 1.44 bits per heavy atom. The molecule has 0 amide bonds. The van der Waals surface area contributed by atoms with Gasteiger partial charge in [-0.1, -0.05) is 0 Å². The van der Waals surface area contributed by atoms with Gasteiger partial charge in [0.1, 0.15) is 6.04 Å². The summed E-state index contributed by atoms with van der Waals surface area (Å²) in [6.07, 6.45) is -4.42. The second kappa shape index (κ2) is 5.60. The van der Waals surface area contributed by atoms with E-state index >= 15 is 0 Å². The van der Waals surface area contributed by atoms with Crippen molar-refractivity contribution < 1.29 is 22.7 Å². The molecule has 1 N–H and O–H groups in total. The van der Waals surface area contributed by atoms with E-state index in [9.17, 15) is 18.0 Å². The van der Waals surface area contributed by atoms with Gasteiger partial charge < -0.3 is 10.1 Å². The smallest absolute Gasteiger partial charge is 0.416 e. The van der Waals surface area contributed by atoms with Crippen LogP contribution in [-0.2, 0) is 15.7 Å². The van der Waals surface area contributed by atoms with Gasteiger partial charge in [0, 0.05) is 10.2 Å². The number of alkyl halides is 3. The van der Waals surface area contributed by atoms with E-state index in [-0.39, 0.29) is 5.69 Å². The molecule has 0 bridgehead atoms. The molecule has 7 heteroatoms. The van der Waals surface area contributed by atoms with Gasteiger partial charge in [0.05, 0.1) is 12.7 Å². The van der Waals surface area contributed by atoms with Gasteiger partial charge in [0.15, 0.2) is 0 Å². The van der Waals surface area contributed by atoms with E-state index in [0.717, 1.165) is 12.1 Å². The maximum atomic E-state index is 12.5. The SMILES string of the molecule is COC(=O)C(C)Nc1cc(C(F)(F)F)ccc1Br. The first kappa shape index (κ1) is 14.8. The molecule has 0 heterocycles. The number of hydrogen-bond acceptors (Lipinski definition) is 3. The average Bonchev–Trinajstić information content (AvgIpc) is 2.29. The predicted octanol–water partition coefficient (Wildman–Crippen LogP) is 3.44. The summed E-state index contributed by atoms with van der Waals surface area (Å²) >= 11 is 3.11. The van der Waals surface area contributed by atoms with Crippen molar-refractivity contribution in [3.63, 3.8) is 0 Å². The van der Waals surface area contributed by atoms with Crippen LogP contribution in [0.2, 0.25) is 0 Å². The fraction of sp³-hybridized carbons (Fsp3) is 0.364. The highest BCUT2D eigenvalue weighted by Crippen LogP contribution is 2.34. The molecule has 1 aromatic carbocycles. The Labute approximate surface area is 110 Å². The molecule has 0 saturated heterocycles. The topological polar surface area (TPSA) is 38.3 Å². The molecular formula is C11H11BrF3NO2. The Hall–Kier alpha value is -1.24. The van der Waals surface area contributed by atoms with Gasteiger partial charge in [-0.25, -0.2) is 4.79 Å². The molecule has 1 aromatic rings. The number of carbonyl (C=O) groups excluding carboxylic acids is 1. The van der Waals surface area contributed by atoms with Crippen molar-refractivity contribution in [2.45, 2.75) is 19.1 Å². The van der Waals surface area contributed by atoms with E-state index < -0.39 is 23.8 Å². The highest BCUT2D eigenvalue weighted by Gasteiger charge is 2.31. The Bertz CT molecular complexity index is 448. The van der Waals surface area contributed by atoms with Crippen LogP contribution >= 0.6 is 15.9 Å². The van der Waals surface area contributed by atoms with Crippen LogP contribution in [0.5, 0.6) is 0 Å². The molecule has 0 aliphatic carbocycles. The molecule has 0 aromatic heterocycles. The Kier molecular flexibility index (Phi) is 4.61. The minimum atomic E-state index is -4.42. The van der Waals surface area contributed by atoms with Crippen LogP contribution in [0.3, 0.4) is 0 Å². The molecule has 18 heavy (non-hydrogen) atoms. The summed E-state index contributed by atoms with van der Waals surface area (Å²) < 4.78 is 42.5. The van der Waals surface area contributed by atoms with Crippen molar-refractivity contribution in [2.75, 3.05) is 12.4 Å². The average molecular weight is 326 g/mol. The van der Waals surface area contributed by atoms with Gasteiger partial charge >= 0.3 is 12.1 Å². The summed E-state index contributed by atoms with van der Waals surface area (Å²) in [4.78, 5) is 11.2. The van der Waals surface area contributed by atoms with Gasteiger partial charge in [-0.05, 0) is 41.1 Å². The lowest BCUT2D eigenvalue weighted by atomic mass is 10.2. The van der Waals surface area contributed by atoms with Crippen LogP contribution < -0.4 is 5.32 Å². The maximum absolute atomic E-state index is 12.5. The molecule has 1 unspecified atom stereocenters. The van der Waals surface area contributed by atoms with Crippen LogP contribution in [0.15, 0.2) is 22.7 Å². The van der Waals surface area contributed by atoms with Gasteiger partial charge in [-0.2, -0.15) is 13.2 Å². The Morgan fingerprint density at radius 3 is 2.56 bits per heavy atom. The molecule has 0 spiro atoms. The van der Waals surface area contributed by atoms with Crippen molar-refractivity contribution in [2.24, 2.45) is 0 Å². The number of ether oxygens (including phenoxy) is 1. The zero-order chi connectivity index (χ0) is 13.9. The van der Waals surface area contributed by atoms with E-state index in [4.69, 9.17) is 0 Å². The summed E-state index contributed by atoms with van der Waals surface area (Å²) in [6, 6.07) is 2.42. The first-order valence-corrected chi connectivity index (χ1v) is 5.76. The van der Waals surface area contributed by atoms with Crippen molar-refractivity contribution in [3.8, 4) is 0 Å². The summed E-state index contributed by atoms with van der Waals surface area (Å²) in [5.74, 6) is -0.556. The normalized spacial score (nSPS) is 13.0. The van der Waals surface area contributed by atoms with E-state index in [1.54, 1.807) is 0 Å². The summed E-state index contributed by atoms with van der Waals surface area (Å²) in [6.45, 7) is 1.50. The third-order valence-electron chi connectivity index (χ3n) is 2.22. The van der Waals surface area contributed by atoms with E-state index in [1.807, 2.05) is 0 Å². The van der Waals surface area contributed by atoms with E-state index in [1.165, 1.54) is 20.1 Å². The van der Waals surface area contributed by atoms with Crippen molar-refractivity contribution >= 4 is 27.6 Å². The number of nitrogens with one attached hydrogen (secondary N) is 1. The number of anilines is 1. The van der Waals surface area contributed by atoms with Gasteiger partial charge in [-0.3, -0.25) is 0 Å². The number of rotatable bonds is 3. The lowest BCUT2D eigenvalue weighted by Crippen LogP contribution is -2.27. The van der Waals surface area contributed by atoms with Crippen LogP contribution in [-0.4, -0.2) is 19.1 Å². The molecule has 100 valence electrons. The quantitative estimate of drug-likeness (QED) is 0.865. The maximum Gasteiger partial charge on any atom is 0.416 e. The van der Waals surface area contributed by atoms with Gasteiger partial charge in [0.25, 0.3) is 0 Å². The van der Waals surface area contributed by atoms with Gasteiger partial charge in [0.2, 0.25) is 0 Å². The summed E-state index contributed by atoms with van der Waals surface area (Å²) in [5.41, 5.74) is -0.604. The van der Waals surface area contributed by atoms with Crippen LogP contribution in [0, 0.1) is 0 Å². The molecule has 0 radical (unpaired) electrons. The van der Waals surface area contributed by atoms with Crippen LogP contribution in [0.1, 0.15) is 12.5 Å². The Balaban J connectivity index is 2.98. The highest BCUT2D eigenvalue weighted by molar-refractivity contribution is 9.10. The van der Waals surface area contributed by atoms with E-state index in [0.29, 0.717) is 4.47 Å². The van der Waals surface area contributed by atoms with Crippen molar-refractivity contribution in [1.82, 2.24) is 0 Å². The number of methoxy groups -OCH3 is 1. The number of esters is 1. The van der Waals surface area contributed by atoms with Crippen LogP contribution in [0.4, 0.5) is 18.9 Å². The molecule has 3 nitrogen and oxygen atoms in total. The lowest BCUT2D eigenvalue weighted by molar-refractivity contribution is -0.141. The number of hydrogen-bond donors (Lipinski definition) is 1. The van der Waals surface area contributed by atoms with Crippen molar-refractivity contribution in [3.05, 3.63) is 28.2 Å². The highest BCUT2D eigenvalue weighted by atomic mass is 79.9. The lowest BCUT2D eigenvalue weighted by Gasteiger charge is -2.16. The number of halogens is 4. The monoisotopic (exact) mass is 325 g/mol. The zero-order valence-electron chi connectivity index (χ0n) is 9.64. The number of carbonyl (C=O) groups is 1. The molecule has 0 aliphatic heterocycles. The zero-order valence-corrected chi connectivity index (χ0v) is 11.2. The predicted molar refractivity (Wildman–Crippen MR) is 64.2 cm³/mol. The third-order valence-corrected chi connectivity index (χ3v) is 2.91. The molecular weight excluding hydrogens is 315 g/mol. The van der Waals surface area contributed by atoms with Crippen molar-refractivity contribution in [1.29, 1.82) is 0 Å². The second-order valence-corrected chi connectivity index (χ2v) is 4.44. The summed E-state index contributed by atoms with van der Waals surface area (Å²) in [7, 11) is 1.21. The Morgan fingerprint density at radius 2 is 2.06 bits per heavy atom. The second-order valence-electron chi connectivity index (χ2n) is 3.58. The fourth-order valence-corrected chi connectivity index (χ4v) is 1.64. The molecule has 0 fully saturated rings. The standard InChI is InChI=1S/C11H11BrF3NO2/c1-6(10(17)18-2)16-9-5-7(11(13,14)15)3-4-8(9)12/h3-6,16H,1-2H3. The first-order valence-electron chi connectivity index (χ1n) is 4.97. The number of benzene rings is 1. The van der Waals surface area contributed by atoms with Crippen LogP contribution in [0.25, 0.3) is 0 Å². The molecule has 1 atom stereocenters. The first-order chi connectivity index (χ1) is 8.25. The summed E-state index contributed by atoms with van der Waals surface area (Å²) in [5, 5.41) is 2.65. The largest absolute Gasteiger partial charge is 0.467 e. The van der Waals surface area contributed by atoms with Gasteiger partial charge in [-0.15, -0.1) is 0 Å². The molecule has 0 aliphatic rings. The minimum absolute atomic E-state index is 0.183. The fourth-order valence-electron chi connectivity index (χ4n) is 1.28.